The lowest BCUT2D eigenvalue weighted by Gasteiger charge is -2.22. The van der Waals surface area contributed by atoms with Gasteiger partial charge in [-0.2, -0.15) is 0 Å². The Morgan fingerprint density at radius 2 is 1.58 bits per heavy atom. The first-order valence-corrected chi connectivity index (χ1v) is 6.99. The van der Waals surface area contributed by atoms with Crippen molar-refractivity contribution in [3.8, 4) is 0 Å². The van der Waals surface area contributed by atoms with Gasteiger partial charge in [0.25, 0.3) is 0 Å². The van der Waals surface area contributed by atoms with Gasteiger partial charge in [-0.25, -0.2) is 0 Å². The summed E-state index contributed by atoms with van der Waals surface area (Å²) in [7, 11) is 0. The fraction of sp³-hybridized carbons (Fsp3) is 0.600. The molecule has 1 aromatic rings. The zero-order chi connectivity index (χ0) is 13.9. The number of hydrogen-bond donors (Lipinski definition) is 1. The molecule has 0 atom stereocenters. The van der Waals surface area contributed by atoms with E-state index in [2.05, 4.69) is 11.0 Å². The summed E-state index contributed by atoms with van der Waals surface area (Å²) in [5.41, 5.74) is 8.00. The molecule has 108 valence electrons. The van der Waals surface area contributed by atoms with Gasteiger partial charge in [0.2, 0.25) is 0 Å². The normalized spacial score (nSPS) is 11.1. The number of nitrogen functional groups attached to an aromatic ring is 1. The van der Waals surface area contributed by atoms with E-state index in [9.17, 15) is 0 Å². The Morgan fingerprint density at radius 3 is 2.11 bits per heavy atom. The molecule has 0 amide bonds. The third-order valence-electron chi connectivity index (χ3n) is 2.96. The van der Waals surface area contributed by atoms with E-state index in [-0.39, 0.29) is 0 Å². The number of hydrogen-bond acceptors (Lipinski definition) is 4. The summed E-state index contributed by atoms with van der Waals surface area (Å²) in [5, 5.41) is 0. The Bertz CT molecular complexity index is 335. The van der Waals surface area contributed by atoms with Crippen LogP contribution in [0.2, 0.25) is 0 Å². The number of ether oxygens (including phenoxy) is 2. The Hall–Kier alpha value is -1.10. The lowest BCUT2D eigenvalue weighted by molar-refractivity contribution is 0.0798. The fourth-order valence-corrected chi connectivity index (χ4v) is 1.86. The highest BCUT2D eigenvalue weighted by Gasteiger charge is 2.07. The van der Waals surface area contributed by atoms with Crippen LogP contribution >= 0.6 is 0 Å². The first-order chi connectivity index (χ1) is 9.27. The van der Waals surface area contributed by atoms with E-state index >= 15 is 0 Å². The minimum atomic E-state index is 0.745. The maximum Gasteiger partial charge on any atom is 0.0593 e. The van der Waals surface area contributed by atoms with Gasteiger partial charge in [-0.1, -0.05) is 18.2 Å². The summed E-state index contributed by atoms with van der Waals surface area (Å²) in [6.45, 7) is 9.67. The van der Waals surface area contributed by atoms with E-state index in [1.807, 2.05) is 32.0 Å². The first kappa shape index (κ1) is 16.0. The lowest BCUT2D eigenvalue weighted by atomic mass is 10.1. The molecule has 0 fully saturated rings. The van der Waals surface area contributed by atoms with Crippen LogP contribution in [0.5, 0.6) is 0 Å². The molecule has 0 bridgehead atoms. The van der Waals surface area contributed by atoms with Crippen molar-refractivity contribution in [3.63, 3.8) is 0 Å². The smallest absolute Gasteiger partial charge is 0.0593 e. The number of anilines is 1. The predicted molar refractivity (Wildman–Crippen MR) is 79.1 cm³/mol. The van der Waals surface area contributed by atoms with E-state index < -0.39 is 0 Å². The molecule has 0 radical (unpaired) electrons. The largest absolute Gasteiger partial charge is 0.398 e. The van der Waals surface area contributed by atoms with Crippen LogP contribution in [0.25, 0.3) is 0 Å². The summed E-state index contributed by atoms with van der Waals surface area (Å²) >= 11 is 0. The Labute approximate surface area is 116 Å². The van der Waals surface area contributed by atoms with E-state index in [0.29, 0.717) is 0 Å². The van der Waals surface area contributed by atoms with Gasteiger partial charge in [0.1, 0.15) is 0 Å². The summed E-state index contributed by atoms with van der Waals surface area (Å²) in [4.78, 5) is 2.32. The van der Waals surface area contributed by atoms with Gasteiger partial charge in [-0.3, -0.25) is 4.90 Å². The molecule has 4 heteroatoms. The van der Waals surface area contributed by atoms with Gasteiger partial charge < -0.3 is 15.2 Å². The molecule has 0 unspecified atom stereocenters. The van der Waals surface area contributed by atoms with Crippen LogP contribution in [0.3, 0.4) is 0 Å². The van der Waals surface area contributed by atoms with Gasteiger partial charge in [0.15, 0.2) is 0 Å². The second-order valence-corrected chi connectivity index (χ2v) is 4.37. The molecular formula is C15H26N2O2. The number of nitrogens with two attached hydrogens (primary N) is 1. The fourth-order valence-electron chi connectivity index (χ4n) is 1.86. The average molecular weight is 266 g/mol. The highest BCUT2D eigenvalue weighted by atomic mass is 16.5. The first-order valence-electron chi connectivity index (χ1n) is 6.99. The topological polar surface area (TPSA) is 47.7 Å². The Balaban J connectivity index is 2.49. The number of para-hydroxylation sites is 1. The molecule has 0 aromatic heterocycles. The molecule has 19 heavy (non-hydrogen) atoms. The lowest BCUT2D eigenvalue weighted by Crippen LogP contribution is -2.31. The van der Waals surface area contributed by atoms with Crippen LogP contribution in [-0.2, 0) is 16.0 Å². The summed E-state index contributed by atoms with van der Waals surface area (Å²) in [5.74, 6) is 0. The molecule has 0 aliphatic carbocycles. The van der Waals surface area contributed by atoms with E-state index in [1.165, 1.54) is 0 Å². The van der Waals surface area contributed by atoms with Crippen molar-refractivity contribution in [2.75, 3.05) is 45.3 Å². The standard InChI is InChI=1S/C15H26N2O2/c1-3-18-11-9-17(10-12-19-4-2)13-14-7-5-6-8-15(14)16/h5-8H,3-4,9-13,16H2,1-2H3. The molecule has 1 aromatic carbocycles. The van der Waals surface area contributed by atoms with Crippen molar-refractivity contribution in [1.82, 2.24) is 4.90 Å². The van der Waals surface area contributed by atoms with Crippen LogP contribution in [0.4, 0.5) is 5.69 Å². The van der Waals surface area contributed by atoms with Gasteiger partial charge in [0, 0.05) is 38.5 Å². The maximum absolute atomic E-state index is 5.99. The van der Waals surface area contributed by atoms with Gasteiger partial charge in [0.05, 0.1) is 13.2 Å². The number of rotatable bonds is 10. The summed E-state index contributed by atoms with van der Waals surface area (Å²) in [6, 6.07) is 8.00. The maximum atomic E-state index is 5.99. The Kier molecular flexibility index (Phi) is 8.21. The third-order valence-corrected chi connectivity index (χ3v) is 2.96. The number of nitrogens with zero attached hydrogens (tertiary/aromatic N) is 1. The summed E-state index contributed by atoms with van der Waals surface area (Å²) in [6.07, 6.45) is 0. The van der Waals surface area contributed by atoms with Crippen LogP contribution in [-0.4, -0.2) is 44.4 Å². The van der Waals surface area contributed by atoms with E-state index in [4.69, 9.17) is 15.2 Å². The van der Waals surface area contributed by atoms with Gasteiger partial charge in [-0.05, 0) is 25.5 Å². The van der Waals surface area contributed by atoms with Gasteiger partial charge >= 0.3 is 0 Å². The molecule has 0 heterocycles. The molecule has 4 nitrogen and oxygen atoms in total. The minimum absolute atomic E-state index is 0.745. The minimum Gasteiger partial charge on any atom is -0.398 e. The quantitative estimate of drug-likeness (QED) is 0.521. The van der Waals surface area contributed by atoms with Crippen molar-refractivity contribution < 1.29 is 9.47 Å². The highest BCUT2D eigenvalue weighted by molar-refractivity contribution is 5.46. The van der Waals surface area contributed by atoms with Crippen molar-refractivity contribution in [2.45, 2.75) is 20.4 Å². The van der Waals surface area contributed by atoms with Crippen molar-refractivity contribution in [1.29, 1.82) is 0 Å². The van der Waals surface area contributed by atoms with Crippen molar-refractivity contribution in [2.24, 2.45) is 0 Å². The molecular weight excluding hydrogens is 240 g/mol. The second kappa shape index (κ2) is 9.78. The molecule has 0 aliphatic heterocycles. The van der Waals surface area contributed by atoms with Crippen LogP contribution in [0.15, 0.2) is 24.3 Å². The van der Waals surface area contributed by atoms with Gasteiger partial charge in [-0.15, -0.1) is 0 Å². The molecule has 2 N–H and O–H groups in total. The SMILES string of the molecule is CCOCCN(CCOCC)Cc1ccccc1N. The molecule has 0 saturated heterocycles. The van der Waals surface area contributed by atoms with Crippen LogP contribution in [0, 0.1) is 0 Å². The summed E-state index contributed by atoms with van der Waals surface area (Å²) < 4.78 is 10.8. The highest BCUT2D eigenvalue weighted by Crippen LogP contribution is 2.13. The van der Waals surface area contributed by atoms with Crippen molar-refractivity contribution in [3.05, 3.63) is 29.8 Å². The zero-order valence-electron chi connectivity index (χ0n) is 12.1. The molecule has 1 rings (SSSR count). The van der Waals surface area contributed by atoms with E-state index in [1.54, 1.807) is 0 Å². The third kappa shape index (κ3) is 6.57. The Morgan fingerprint density at radius 1 is 1.00 bits per heavy atom. The van der Waals surface area contributed by atoms with Crippen LogP contribution < -0.4 is 5.73 Å². The molecule has 0 spiro atoms. The predicted octanol–water partition coefficient (Wildman–Crippen LogP) is 2.14. The monoisotopic (exact) mass is 266 g/mol. The second-order valence-electron chi connectivity index (χ2n) is 4.37. The van der Waals surface area contributed by atoms with E-state index in [0.717, 1.165) is 57.3 Å². The zero-order valence-corrected chi connectivity index (χ0v) is 12.1. The molecule has 0 saturated carbocycles. The molecule has 0 aliphatic rings. The average Bonchev–Trinajstić information content (AvgIpc) is 2.41. The number of benzene rings is 1. The van der Waals surface area contributed by atoms with Crippen LogP contribution in [0.1, 0.15) is 19.4 Å². The van der Waals surface area contributed by atoms with Crippen molar-refractivity contribution >= 4 is 5.69 Å².